The van der Waals surface area contributed by atoms with Crippen molar-refractivity contribution in [3.05, 3.63) is 41.0 Å². The summed E-state index contributed by atoms with van der Waals surface area (Å²) in [6.45, 7) is 5.93. The molecule has 1 fully saturated rings. The third kappa shape index (κ3) is 3.87. The zero-order valence-corrected chi connectivity index (χ0v) is 18.7. The third-order valence-electron chi connectivity index (χ3n) is 6.78. The first kappa shape index (κ1) is 20.2. The van der Waals surface area contributed by atoms with Crippen molar-refractivity contribution in [2.75, 3.05) is 18.4 Å². The van der Waals surface area contributed by atoms with Gasteiger partial charge in [0.1, 0.15) is 11.5 Å². The minimum atomic E-state index is -0.0682. The van der Waals surface area contributed by atoms with Crippen molar-refractivity contribution in [3.63, 3.8) is 0 Å². The summed E-state index contributed by atoms with van der Waals surface area (Å²) < 4.78 is 4.04. The standard InChI is InChI=1S/C24H32N6O/c1-3-30-23(18-9-5-6-10-19(18)27-30)24(31)25-17-11-12-21-20(15-17)26-22(28(21)2)16-29-13-7-4-8-14-29/h11-12,15H,3-10,13-14,16H2,1-2H3,(H,25,31). The maximum Gasteiger partial charge on any atom is 0.274 e. The van der Waals surface area contributed by atoms with Gasteiger partial charge in [0, 0.05) is 24.8 Å². The summed E-state index contributed by atoms with van der Waals surface area (Å²) in [5.74, 6) is 1.01. The molecule has 1 aromatic carbocycles. The molecule has 1 aliphatic heterocycles. The Morgan fingerprint density at radius 1 is 1.10 bits per heavy atom. The maximum atomic E-state index is 13.2. The van der Waals surface area contributed by atoms with E-state index in [4.69, 9.17) is 4.98 Å². The molecule has 0 spiro atoms. The van der Waals surface area contributed by atoms with Gasteiger partial charge in [0.25, 0.3) is 5.91 Å². The second-order valence-corrected chi connectivity index (χ2v) is 8.88. The number of imidazole rings is 1. The lowest BCUT2D eigenvalue weighted by Crippen LogP contribution is -2.30. The number of rotatable bonds is 5. The number of anilines is 1. The fourth-order valence-electron chi connectivity index (χ4n) is 5.07. The van der Waals surface area contributed by atoms with E-state index < -0.39 is 0 Å². The van der Waals surface area contributed by atoms with Gasteiger partial charge in [-0.1, -0.05) is 6.42 Å². The summed E-state index contributed by atoms with van der Waals surface area (Å²) in [4.78, 5) is 20.6. The smallest absolute Gasteiger partial charge is 0.274 e. The van der Waals surface area contributed by atoms with Crippen LogP contribution in [0, 0.1) is 0 Å². The molecule has 3 aromatic rings. The number of aromatic nitrogens is 4. The second kappa shape index (κ2) is 8.46. The van der Waals surface area contributed by atoms with E-state index in [1.807, 2.05) is 23.7 Å². The van der Waals surface area contributed by atoms with Gasteiger partial charge in [0.2, 0.25) is 0 Å². The van der Waals surface area contributed by atoms with Gasteiger partial charge in [-0.3, -0.25) is 14.4 Å². The molecule has 31 heavy (non-hydrogen) atoms. The maximum absolute atomic E-state index is 13.2. The lowest BCUT2D eigenvalue weighted by Gasteiger charge is -2.25. The number of nitrogens with one attached hydrogen (secondary N) is 1. The summed E-state index contributed by atoms with van der Waals surface area (Å²) in [7, 11) is 2.08. The van der Waals surface area contributed by atoms with Crippen molar-refractivity contribution < 1.29 is 4.79 Å². The van der Waals surface area contributed by atoms with E-state index >= 15 is 0 Å². The number of piperidine rings is 1. The highest BCUT2D eigenvalue weighted by Crippen LogP contribution is 2.26. The molecule has 7 nitrogen and oxygen atoms in total. The van der Waals surface area contributed by atoms with Crippen molar-refractivity contribution in [2.45, 2.75) is 65.0 Å². The van der Waals surface area contributed by atoms with Gasteiger partial charge in [0.15, 0.2) is 0 Å². The predicted molar refractivity (Wildman–Crippen MR) is 122 cm³/mol. The summed E-state index contributed by atoms with van der Waals surface area (Å²) in [6.07, 6.45) is 8.09. The highest BCUT2D eigenvalue weighted by atomic mass is 16.2. The first-order valence-corrected chi connectivity index (χ1v) is 11.7. The van der Waals surface area contributed by atoms with Gasteiger partial charge in [-0.05, 0) is 76.7 Å². The predicted octanol–water partition coefficient (Wildman–Crippen LogP) is 3.91. The molecular formula is C24H32N6O. The fraction of sp³-hybridized carbons (Fsp3) is 0.542. The van der Waals surface area contributed by atoms with Crippen molar-refractivity contribution in [2.24, 2.45) is 7.05 Å². The summed E-state index contributed by atoms with van der Waals surface area (Å²) in [5, 5.41) is 7.80. The number of hydrogen-bond acceptors (Lipinski definition) is 4. The van der Waals surface area contributed by atoms with Crippen molar-refractivity contribution >= 4 is 22.6 Å². The van der Waals surface area contributed by atoms with Gasteiger partial charge in [-0.15, -0.1) is 0 Å². The van der Waals surface area contributed by atoms with E-state index in [1.165, 1.54) is 19.3 Å². The molecule has 2 aromatic heterocycles. The molecule has 3 heterocycles. The van der Waals surface area contributed by atoms with Crippen molar-refractivity contribution in [1.29, 1.82) is 0 Å². The number of nitrogens with zero attached hydrogens (tertiary/aromatic N) is 5. The van der Waals surface area contributed by atoms with Crippen LogP contribution in [0.2, 0.25) is 0 Å². The topological polar surface area (TPSA) is 68.0 Å². The van der Waals surface area contributed by atoms with E-state index in [1.54, 1.807) is 0 Å². The molecule has 5 rings (SSSR count). The Bertz CT molecular complexity index is 1110. The zero-order chi connectivity index (χ0) is 21.4. The zero-order valence-electron chi connectivity index (χ0n) is 18.7. The summed E-state index contributed by atoms with van der Waals surface area (Å²) in [5.41, 5.74) is 5.77. The monoisotopic (exact) mass is 420 g/mol. The number of amides is 1. The van der Waals surface area contributed by atoms with Crippen LogP contribution in [0.15, 0.2) is 18.2 Å². The number of hydrogen-bond donors (Lipinski definition) is 1. The minimum Gasteiger partial charge on any atom is -0.330 e. The van der Waals surface area contributed by atoms with Crippen LogP contribution in [0.25, 0.3) is 11.0 Å². The molecule has 1 aliphatic carbocycles. The molecule has 1 N–H and O–H groups in total. The minimum absolute atomic E-state index is 0.0682. The molecule has 0 saturated carbocycles. The second-order valence-electron chi connectivity index (χ2n) is 8.88. The van der Waals surface area contributed by atoms with E-state index in [9.17, 15) is 4.79 Å². The number of carbonyl (C=O) groups is 1. The van der Waals surface area contributed by atoms with Crippen molar-refractivity contribution in [1.82, 2.24) is 24.2 Å². The average Bonchev–Trinajstić information content (AvgIpc) is 3.32. The lowest BCUT2D eigenvalue weighted by molar-refractivity contribution is 0.101. The van der Waals surface area contributed by atoms with Crippen molar-refractivity contribution in [3.8, 4) is 0 Å². The number of carbonyl (C=O) groups excluding carboxylic acids is 1. The van der Waals surface area contributed by atoms with Crippen LogP contribution in [-0.4, -0.2) is 43.2 Å². The molecule has 2 aliphatic rings. The molecule has 1 amide bonds. The van der Waals surface area contributed by atoms with E-state index in [0.29, 0.717) is 6.54 Å². The average molecular weight is 421 g/mol. The Labute approximate surface area is 183 Å². The van der Waals surface area contributed by atoms with Gasteiger partial charge in [-0.25, -0.2) is 4.98 Å². The largest absolute Gasteiger partial charge is 0.330 e. The van der Waals surface area contributed by atoms with Crippen LogP contribution in [0.4, 0.5) is 5.69 Å². The van der Waals surface area contributed by atoms with Gasteiger partial charge in [-0.2, -0.15) is 5.10 Å². The fourth-order valence-corrected chi connectivity index (χ4v) is 5.07. The molecule has 0 bridgehead atoms. The summed E-state index contributed by atoms with van der Waals surface area (Å²) in [6, 6.07) is 6.03. The van der Waals surface area contributed by atoms with Gasteiger partial charge < -0.3 is 9.88 Å². The van der Waals surface area contributed by atoms with Crippen LogP contribution >= 0.6 is 0 Å². The van der Waals surface area contributed by atoms with Crippen LogP contribution in [-0.2, 0) is 33.0 Å². The quantitative estimate of drug-likeness (QED) is 0.680. The number of benzene rings is 1. The Morgan fingerprint density at radius 2 is 1.90 bits per heavy atom. The first-order valence-electron chi connectivity index (χ1n) is 11.7. The Balaban J connectivity index is 1.38. The summed E-state index contributed by atoms with van der Waals surface area (Å²) >= 11 is 0. The van der Waals surface area contributed by atoms with Gasteiger partial charge in [0.05, 0.1) is 23.3 Å². The number of likely N-dealkylation sites (tertiary alicyclic amines) is 1. The normalized spacial score (nSPS) is 17.1. The Morgan fingerprint density at radius 3 is 2.71 bits per heavy atom. The molecule has 1 saturated heterocycles. The molecule has 0 atom stereocenters. The Hall–Kier alpha value is -2.67. The molecule has 0 unspecified atom stereocenters. The molecular weight excluding hydrogens is 388 g/mol. The Kier molecular flexibility index (Phi) is 5.52. The highest BCUT2D eigenvalue weighted by Gasteiger charge is 2.25. The molecule has 164 valence electrons. The molecule has 0 radical (unpaired) electrons. The SMILES string of the molecule is CCn1nc2c(c1C(=O)Nc1ccc3c(c1)nc(CN1CCCCC1)n3C)CCCC2. The van der Waals surface area contributed by atoms with Crippen LogP contribution in [0.5, 0.6) is 0 Å². The number of fused-ring (bicyclic) bond motifs is 2. The van der Waals surface area contributed by atoms with E-state index in [2.05, 4.69) is 33.0 Å². The lowest BCUT2D eigenvalue weighted by atomic mass is 9.95. The highest BCUT2D eigenvalue weighted by molar-refractivity contribution is 6.05. The van der Waals surface area contributed by atoms with Gasteiger partial charge >= 0.3 is 0 Å². The first-order chi connectivity index (χ1) is 15.1. The van der Waals surface area contributed by atoms with Crippen LogP contribution in [0.1, 0.15) is 66.6 Å². The van der Waals surface area contributed by atoms with Crippen LogP contribution < -0.4 is 5.32 Å². The number of aryl methyl sites for hydroxylation is 3. The third-order valence-corrected chi connectivity index (χ3v) is 6.78. The molecule has 7 heteroatoms. The van der Waals surface area contributed by atoms with Crippen LogP contribution in [0.3, 0.4) is 0 Å². The van der Waals surface area contributed by atoms with E-state index in [0.717, 1.165) is 84.8 Å². The van der Waals surface area contributed by atoms with E-state index in [-0.39, 0.29) is 5.91 Å².